The second kappa shape index (κ2) is 3.84. The average Bonchev–Trinajstić information content (AvgIpc) is 3.01. The van der Waals surface area contributed by atoms with Crippen LogP contribution in [0.3, 0.4) is 0 Å². The molecule has 1 aromatic carbocycles. The second-order valence-electron chi connectivity index (χ2n) is 3.95. The monoisotopic (exact) mass is 204 g/mol. The van der Waals surface area contributed by atoms with E-state index in [-0.39, 0.29) is 0 Å². The van der Waals surface area contributed by atoms with Gasteiger partial charge in [0.1, 0.15) is 0 Å². The van der Waals surface area contributed by atoms with Crippen LogP contribution in [0.5, 0.6) is 0 Å². The van der Waals surface area contributed by atoms with Crippen LogP contribution in [0.25, 0.3) is 5.57 Å². The van der Waals surface area contributed by atoms with E-state index < -0.39 is 0 Å². The summed E-state index contributed by atoms with van der Waals surface area (Å²) in [5.74, 6) is 0. The van der Waals surface area contributed by atoms with E-state index in [2.05, 4.69) is 60.4 Å². The fourth-order valence-electron chi connectivity index (χ4n) is 2.01. The molecule has 3 rings (SSSR count). The minimum Gasteiger partial charge on any atom is -0.104 e. The summed E-state index contributed by atoms with van der Waals surface area (Å²) < 4.78 is 0. The average molecular weight is 204 g/mol. The molecule has 0 unspecified atom stereocenters. The lowest BCUT2D eigenvalue weighted by Crippen LogP contribution is -1.75. The van der Waals surface area contributed by atoms with Crippen molar-refractivity contribution in [1.82, 2.24) is 0 Å². The van der Waals surface area contributed by atoms with Crippen molar-refractivity contribution in [1.29, 1.82) is 0 Å². The molecule has 2 aliphatic rings. The predicted octanol–water partition coefficient (Wildman–Crippen LogP) is 4.05. The van der Waals surface area contributed by atoms with Gasteiger partial charge in [-0.3, -0.25) is 0 Å². The van der Waals surface area contributed by atoms with E-state index in [9.17, 15) is 0 Å². The van der Waals surface area contributed by atoms with Crippen molar-refractivity contribution in [2.24, 2.45) is 0 Å². The molecule has 0 saturated heterocycles. The van der Waals surface area contributed by atoms with Gasteiger partial charge in [-0.05, 0) is 29.7 Å². The number of hydrogen-bond donors (Lipinski definition) is 0. The first-order valence-corrected chi connectivity index (χ1v) is 5.55. The van der Waals surface area contributed by atoms with Gasteiger partial charge in [-0.15, -0.1) is 5.73 Å². The van der Waals surface area contributed by atoms with Gasteiger partial charge in [0, 0.05) is 11.1 Å². The lowest BCUT2D eigenvalue weighted by Gasteiger charge is -1.95. The van der Waals surface area contributed by atoms with Gasteiger partial charge in [-0.1, -0.05) is 48.6 Å². The van der Waals surface area contributed by atoms with Gasteiger partial charge in [0.05, 0.1) is 0 Å². The van der Waals surface area contributed by atoms with E-state index in [1.165, 1.54) is 22.3 Å². The van der Waals surface area contributed by atoms with Crippen LogP contribution in [-0.2, 0) is 0 Å². The standard InChI is InChI=1S/C16H12/c1-2-6-13(7-3-1)15-10-11-16(12-15)14-8-4-5-9-14/h1-4,6-11H,5H2. The van der Waals surface area contributed by atoms with Crippen LogP contribution in [-0.4, -0.2) is 0 Å². The number of hydrogen-bond acceptors (Lipinski definition) is 0. The number of rotatable bonds is 2. The molecule has 0 bridgehead atoms. The Kier molecular flexibility index (Phi) is 2.21. The Morgan fingerprint density at radius 2 is 1.69 bits per heavy atom. The van der Waals surface area contributed by atoms with Crippen LogP contribution in [0.15, 0.2) is 77.6 Å². The highest BCUT2D eigenvalue weighted by molar-refractivity contribution is 5.79. The maximum absolute atomic E-state index is 3.45. The topological polar surface area (TPSA) is 0 Å². The van der Waals surface area contributed by atoms with Crippen molar-refractivity contribution in [2.45, 2.75) is 6.42 Å². The van der Waals surface area contributed by atoms with E-state index in [0.29, 0.717) is 0 Å². The summed E-state index contributed by atoms with van der Waals surface area (Å²) in [6.45, 7) is 0. The Bertz CT molecular complexity index is 559. The summed E-state index contributed by atoms with van der Waals surface area (Å²) in [7, 11) is 0. The lowest BCUT2D eigenvalue weighted by atomic mass is 10.1. The highest BCUT2D eigenvalue weighted by atomic mass is 14.1. The molecule has 2 aliphatic carbocycles. The summed E-state index contributed by atoms with van der Waals surface area (Å²) >= 11 is 0. The molecule has 0 atom stereocenters. The largest absolute Gasteiger partial charge is 0.104 e. The first-order valence-electron chi connectivity index (χ1n) is 5.55. The van der Waals surface area contributed by atoms with Crippen molar-refractivity contribution in [3.05, 3.63) is 83.2 Å². The zero-order valence-electron chi connectivity index (χ0n) is 8.98. The van der Waals surface area contributed by atoms with Gasteiger partial charge in [0.15, 0.2) is 0 Å². The first kappa shape index (κ1) is 9.21. The van der Waals surface area contributed by atoms with Crippen LogP contribution >= 0.6 is 0 Å². The molecular formula is C16H12. The molecule has 0 saturated carbocycles. The number of benzene rings is 1. The fraction of sp³-hybridized carbons (Fsp3) is 0.0625. The van der Waals surface area contributed by atoms with Crippen LogP contribution in [0.4, 0.5) is 0 Å². The second-order valence-corrected chi connectivity index (χ2v) is 3.95. The van der Waals surface area contributed by atoms with Crippen LogP contribution < -0.4 is 0 Å². The Hall–Kier alpha value is -2.04. The molecule has 0 N–H and O–H groups in total. The SMILES string of the molecule is C1=C(C2=CCC=C2)C=CC=1c1ccccc1. The fourth-order valence-corrected chi connectivity index (χ4v) is 2.01. The molecule has 76 valence electrons. The van der Waals surface area contributed by atoms with E-state index in [1.807, 2.05) is 6.07 Å². The third-order valence-electron chi connectivity index (χ3n) is 2.85. The van der Waals surface area contributed by atoms with Crippen molar-refractivity contribution in [2.75, 3.05) is 0 Å². The smallest absolute Gasteiger partial charge is 0.0244 e. The minimum absolute atomic E-state index is 1.05. The zero-order valence-corrected chi connectivity index (χ0v) is 8.98. The normalized spacial score (nSPS) is 17.4. The molecule has 0 radical (unpaired) electrons. The molecule has 0 aromatic heterocycles. The van der Waals surface area contributed by atoms with Crippen molar-refractivity contribution >= 4 is 5.57 Å². The zero-order chi connectivity index (χ0) is 10.8. The molecule has 0 aliphatic heterocycles. The minimum atomic E-state index is 1.05. The van der Waals surface area contributed by atoms with E-state index in [0.717, 1.165) is 6.42 Å². The van der Waals surface area contributed by atoms with Crippen LogP contribution in [0.1, 0.15) is 12.0 Å². The summed E-state index contributed by atoms with van der Waals surface area (Å²) in [4.78, 5) is 0. The molecule has 0 fully saturated rings. The Morgan fingerprint density at radius 1 is 0.875 bits per heavy atom. The summed E-state index contributed by atoms with van der Waals surface area (Å²) in [5.41, 5.74) is 8.36. The van der Waals surface area contributed by atoms with Crippen LogP contribution in [0, 0.1) is 0 Å². The molecule has 0 spiro atoms. The van der Waals surface area contributed by atoms with Gasteiger partial charge in [-0.2, -0.15) is 0 Å². The third kappa shape index (κ3) is 1.60. The van der Waals surface area contributed by atoms with E-state index in [1.54, 1.807) is 0 Å². The molecule has 0 amide bonds. The Morgan fingerprint density at radius 3 is 2.44 bits per heavy atom. The highest BCUT2D eigenvalue weighted by Crippen LogP contribution is 2.26. The maximum atomic E-state index is 3.45. The quantitative estimate of drug-likeness (QED) is 0.637. The molecular weight excluding hydrogens is 192 g/mol. The van der Waals surface area contributed by atoms with Crippen molar-refractivity contribution < 1.29 is 0 Å². The maximum Gasteiger partial charge on any atom is 0.0244 e. The first-order chi connectivity index (χ1) is 7.93. The highest BCUT2D eigenvalue weighted by Gasteiger charge is 2.07. The predicted molar refractivity (Wildman–Crippen MR) is 67.9 cm³/mol. The Balaban J connectivity index is 2.03. The van der Waals surface area contributed by atoms with Gasteiger partial charge in [-0.25, -0.2) is 0 Å². The molecule has 0 nitrogen and oxygen atoms in total. The number of allylic oxidation sites excluding steroid dienone is 7. The summed E-state index contributed by atoms with van der Waals surface area (Å²) in [5, 5.41) is 0. The Labute approximate surface area is 95.6 Å². The van der Waals surface area contributed by atoms with Gasteiger partial charge in [0.2, 0.25) is 0 Å². The molecule has 16 heavy (non-hydrogen) atoms. The van der Waals surface area contributed by atoms with Gasteiger partial charge >= 0.3 is 0 Å². The molecule has 0 heterocycles. The lowest BCUT2D eigenvalue weighted by molar-refractivity contribution is 1.43. The van der Waals surface area contributed by atoms with Crippen molar-refractivity contribution in [3.63, 3.8) is 0 Å². The van der Waals surface area contributed by atoms with E-state index >= 15 is 0 Å². The summed E-state index contributed by atoms with van der Waals surface area (Å²) in [6.07, 6.45) is 11.9. The van der Waals surface area contributed by atoms with Gasteiger partial charge in [0.25, 0.3) is 0 Å². The van der Waals surface area contributed by atoms with Gasteiger partial charge < -0.3 is 0 Å². The van der Waals surface area contributed by atoms with E-state index in [4.69, 9.17) is 0 Å². The third-order valence-corrected chi connectivity index (χ3v) is 2.85. The molecule has 0 heteroatoms. The summed E-state index contributed by atoms with van der Waals surface area (Å²) in [6, 6.07) is 10.4. The van der Waals surface area contributed by atoms with Crippen molar-refractivity contribution in [3.8, 4) is 0 Å². The molecule has 1 aromatic rings. The van der Waals surface area contributed by atoms with Crippen LogP contribution in [0.2, 0.25) is 0 Å².